The summed E-state index contributed by atoms with van der Waals surface area (Å²) in [5, 5.41) is 3.31. The summed E-state index contributed by atoms with van der Waals surface area (Å²) >= 11 is 5.95. The lowest BCUT2D eigenvalue weighted by atomic mass is 10.1. The monoisotopic (exact) mass is 396 g/mol. The summed E-state index contributed by atoms with van der Waals surface area (Å²) in [6, 6.07) is 7.89. The average Bonchev–Trinajstić information content (AvgIpc) is 2.92. The number of aromatic nitrogens is 1. The molecule has 0 bridgehead atoms. The van der Waals surface area contributed by atoms with Gasteiger partial charge < -0.3 is 10.1 Å². The summed E-state index contributed by atoms with van der Waals surface area (Å²) in [5.41, 5.74) is 0.754. The molecule has 0 radical (unpaired) electrons. The predicted octanol–water partition coefficient (Wildman–Crippen LogP) is 1.74. The van der Waals surface area contributed by atoms with Crippen molar-refractivity contribution in [2.24, 2.45) is 0 Å². The highest BCUT2D eigenvalue weighted by molar-refractivity contribution is 7.91. The zero-order chi connectivity index (χ0) is 18.9. The lowest BCUT2D eigenvalue weighted by Crippen LogP contribution is -2.42. The maximum absolute atomic E-state index is 12.5. The number of halogens is 1. The Kier molecular flexibility index (Phi) is 5.15. The van der Waals surface area contributed by atoms with Gasteiger partial charge in [0.2, 0.25) is 0 Å². The zero-order valence-corrected chi connectivity index (χ0v) is 15.5. The maximum Gasteiger partial charge on any atom is 0.339 e. The smallest absolute Gasteiger partial charge is 0.339 e. The number of sulfone groups is 1. The van der Waals surface area contributed by atoms with Gasteiger partial charge in [-0.1, -0.05) is 29.8 Å². The second kappa shape index (κ2) is 7.20. The highest BCUT2D eigenvalue weighted by atomic mass is 35.5. The van der Waals surface area contributed by atoms with Gasteiger partial charge in [0.1, 0.15) is 5.15 Å². The Bertz CT molecular complexity index is 976. The van der Waals surface area contributed by atoms with E-state index in [9.17, 15) is 18.0 Å². The minimum absolute atomic E-state index is 0.0492. The van der Waals surface area contributed by atoms with Crippen molar-refractivity contribution in [2.75, 3.05) is 11.5 Å². The molecule has 0 spiro atoms. The minimum Gasteiger partial charge on any atom is -0.449 e. The van der Waals surface area contributed by atoms with Crippen molar-refractivity contribution in [3.63, 3.8) is 0 Å². The van der Waals surface area contributed by atoms with Gasteiger partial charge in [0, 0.05) is 11.4 Å². The number of amides is 1. The topological polar surface area (TPSA) is 102 Å². The van der Waals surface area contributed by atoms with Gasteiger partial charge in [-0.2, -0.15) is 0 Å². The van der Waals surface area contributed by atoms with Crippen LogP contribution >= 0.6 is 11.6 Å². The molecule has 2 aromatic rings. The number of nitrogens with one attached hydrogen (secondary N) is 1. The molecule has 1 aromatic carbocycles. The number of esters is 1. The molecule has 1 N–H and O–H groups in total. The number of benzene rings is 1. The van der Waals surface area contributed by atoms with Crippen molar-refractivity contribution < 1.29 is 22.7 Å². The molecular weight excluding hydrogens is 380 g/mol. The third-order valence-corrected chi connectivity index (χ3v) is 6.10. The summed E-state index contributed by atoms with van der Waals surface area (Å²) in [4.78, 5) is 28.8. The molecule has 0 unspecified atom stereocenters. The quantitative estimate of drug-likeness (QED) is 0.623. The number of carbonyl (C=O) groups excluding carboxylic acids is 2. The molecule has 1 fully saturated rings. The Morgan fingerprint density at radius 3 is 2.77 bits per heavy atom. The Balaban J connectivity index is 1.71. The van der Waals surface area contributed by atoms with E-state index in [1.165, 1.54) is 13.0 Å². The first-order valence-electron chi connectivity index (χ1n) is 8.02. The molecule has 0 saturated carbocycles. The molecule has 138 valence electrons. The fraction of sp³-hybridized carbons (Fsp3) is 0.353. The van der Waals surface area contributed by atoms with Gasteiger partial charge >= 0.3 is 5.97 Å². The van der Waals surface area contributed by atoms with E-state index in [4.69, 9.17) is 16.3 Å². The molecular formula is C17H17ClN2O5S. The van der Waals surface area contributed by atoms with Gasteiger partial charge in [0.05, 0.1) is 22.6 Å². The van der Waals surface area contributed by atoms with Gasteiger partial charge in [0.25, 0.3) is 5.91 Å². The summed E-state index contributed by atoms with van der Waals surface area (Å²) < 4.78 is 28.1. The lowest BCUT2D eigenvalue weighted by molar-refractivity contribution is -0.129. The van der Waals surface area contributed by atoms with E-state index in [1.54, 1.807) is 24.3 Å². The molecule has 26 heavy (non-hydrogen) atoms. The van der Waals surface area contributed by atoms with E-state index in [1.807, 2.05) is 0 Å². The van der Waals surface area contributed by atoms with Crippen LogP contribution in [0.3, 0.4) is 0 Å². The molecule has 1 aliphatic rings. The lowest BCUT2D eigenvalue weighted by Gasteiger charge is -2.17. The van der Waals surface area contributed by atoms with Crippen molar-refractivity contribution in [3.05, 3.63) is 41.0 Å². The van der Waals surface area contributed by atoms with E-state index in [0.29, 0.717) is 17.3 Å². The van der Waals surface area contributed by atoms with Crippen molar-refractivity contribution in [1.82, 2.24) is 10.3 Å². The number of rotatable bonds is 4. The Morgan fingerprint density at radius 2 is 2.08 bits per heavy atom. The summed E-state index contributed by atoms with van der Waals surface area (Å²) in [5.74, 6) is -1.28. The summed E-state index contributed by atoms with van der Waals surface area (Å²) in [6.07, 6.45) is -0.712. The van der Waals surface area contributed by atoms with Crippen molar-refractivity contribution in [2.45, 2.75) is 25.5 Å². The van der Waals surface area contributed by atoms with Crippen LogP contribution in [0.25, 0.3) is 10.9 Å². The first-order chi connectivity index (χ1) is 12.2. The Hall–Kier alpha value is -2.19. The fourth-order valence-electron chi connectivity index (χ4n) is 2.82. The van der Waals surface area contributed by atoms with Gasteiger partial charge in [-0.25, -0.2) is 18.2 Å². The van der Waals surface area contributed by atoms with Crippen LogP contribution in [0.5, 0.6) is 0 Å². The Morgan fingerprint density at radius 1 is 1.35 bits per heavy atom. The average molecular weight is 397 g/mol. The summed E-state index contributed by atoms with van der Waals surface area (Å²) in [7, 11) is -3.11. The molecule has 9 heteroatoms. The van der Waals surface area contributed by atoms with Crippen molar-refractivity contribution in [1.29, 1.82) is 0 Å². The van der Waals surface area contributed by atoms with Gasteiger partial charge in [0.15, 0.2) is 15.9 Å². The van der Waals surface area contributed by atoms with E-state index < -0.39 is 33.9 Å². The zero-order valence-electron chi connectivity index (χ0n) is 13.9. The molecule has 2 atom stereocenters. The highest BCUT2D eigenvalue weighted by Gasteiger charge is 2.31. The first-order valence-corrected chi connectivity index (χ1v) is 10.2. The highest BCUT2D eigenvalue weighted by Crippen LogP contribution is 2.22. The van der Waals surface area contributed by atoms with Crippen LogP contribution in [0, 0.1) is 0 Å². The third kappa shape index (κ3) is 4.13. The first kappa shape index (κ1) is 18.6. The van der Waals surface area contributed by atoms with Crippen LogP contribution in [0.2, 0.25) is 5.15 Å². The van der Waals surface area contributed by atoms with Crippen LogP contribution in [-0.2, 0) is 19.4 Å². The molecule has 7 nitrogen and oxygen atoms in total. The number of fused-ring (bicyclic) bond motifs is 1. The van der Waals surface area contributed by atoms with Crippen LogP contribution in [0.15, 0.2) is 30.3 Å². The predicted molar refractivity (Wildman–Crippen MR) is 96.8 cm³/mol. The second-order valence-electron chi connectivity index (χ2n) is 6.17. The van der Waals surface area contributed by atoms with Crippen LogP contribution < -0.4 is 5.32 Å². The third-order valence-electron chi connectivity index (χ3n) is 4.14. The molecule has 0 aliphatic carbocycles. The molecule has 1 saturated heterocycles. The van der Waals surface area contributed by atoms with Crippen LogP contribution in [-0.4, -0.2) is 48.9 Å². The van der Waals surface area contributed by atoms with Gasteiger partial charge in [-0.3, -0.25) is 4.79 Å². The van der Waals surface area contributed by atoms with Crippen molar-refractivity contribution in [3.8, 4) is 0 Å². The second-order valence-corrected chi connectivity index (χ2v) is 8.78. The number of ether oxygens (including phenoxy) is 1. The standard InChI is InChI=1S/C17H17ClN2O5S/c1-10(16(21)19-11-6-7-26(23,24)9-11)25-17(22)13-8-15(18)20-14-5-3-2-4-12(13)14/h2-5,8,10-11H,6-7,9H2,1H3,(H,19,21)/t10-,11-/m0/s1. The number of hydrogen-bond donors (Lipinski definition) is 1. The van der Waals surface area contributed by atoms with E-state index in [0.717, 1.165) is 0 Å². The molecule has 1 amide bonds. The largest absolute Gasteiger partial charge is 0.449 e. The number of carbonyl (C=O) groups is 2. The van der Waals surface area contributed by atoms with Crippen LogP contribution in [0.1, 0.15) is 23.7 Å². The number of nitrogens with zero attached hydrogens (tertiary/aromatic N) is 1. The van der Waals surface area contributed by atoms with Crippen LogP contribution in [0.4, 0.5) is 0 Å². The van der Waals surface area contributed by atoms with Gasteiger partial charge in [-0.05, 0) is 25.5 Å². The maximum atomic E-state index is 12.5. The normalized spacial score (nSPS) is 19.8. The number of hydrogen-bond acceptors (Lipinski definition) is 6. The number of para-hydroxylation sites is 1. The Labute approximate surface area is 155 Å². The van der Waals surface area contributed by atoms with E-state index in [-0.39, 0.29) is 22.2 Å². The van der Waals surface area contributed by atoms with Crippen molar-refractivity contribution >= 4 is 44.2 Å². The molecule has 3 rings (SSSR count). The fourth-order valence-corrected chi connectivity index (χ4v) is 4.69. The molecule has 2 heterocycles. The SMILES string of the molecule is C[C@H](OC(=O)c1cc(Cl)nc2ccccc12)C(=O)N[C@H]1CCS(=O)(=O)C1. The number of pyridine rings is 1. The van der Waals surface area contributed by atoms with E-state index >= 15 is 0 Å². The van der Waals surface area contributed by atoms with Gasteiger partial charge in [-0.15, -0.1) is 0 Å². The minimum atomic E-state index is -3.11. The van der Waals surface area contributed by atoms with E-state index in [2.05, 4.69) is 10.3 Å². The summed E-state index contributed by atoms with van der Waals surface area (Å²) in [6.45, 7) is 1.43. The molecule has 1 aromatic heterocycles. The molecule has 1 aliphatic heterocycles.